The maximum atomic E-state index is 14.5. The molecule has 2 aromatic carbocycles. The number of halogens is 5. The molecule has 702 valence electrons. The molecule has 4 aliphatic carbocycles. The lowest BCUT2D eigenvalue weighted by Gasteiger charge is -2.46. The van der Waals surface area contributed by atoms with Crippen molar-refractivity contribution in [1.82, 2.24) is 31.1 Å². The number of nitrogens with zero attached hydrogens (tertiary/aromatic N) is 4. The second-order valence-electron chi connectivity index (χ2n) is 38.5. The van der Waals surface area contributed by atoms with Crippen LogP contribution in [0.2, 0.25) is 10.0 Å². The van der Waals surface area contributed by atoms with Crippen molar-refractivity contribution in [3.05, 3.63) is 234 Å². The SMILES string of the molecule is C=C=C=C=C=C=C=C=C=C=C=C=C=C=C=C=C=C=C=C=C=C=C=C.C=C[C@@H]1C[C@]1(NC(=O)C(F)(F)F)C(=O)OC.C=C[C@@H]1C[C@]1(NC(=O)[C@@H]1C[C@]2(CC(c3cccc(Cl)c3)=NO2)CN1C(=O)[C@@H](NC(=O)CC1CCCCC1)C(C)(C)C)C(=O)OC.CC(C)(C)[C@H](NC(=O)CC1CCCCC1)C(=O)N1C[C@@]2(CC(c3cccc(Cl)c3)=NO2)C[C@H]1C(=O)O.[B]B([B])B([B])B(B([B])[B])B(B(B([B])[B])B([B])[B])B(B([B])[B])B([B])[B]. The molecule has 26 radical (unpaired) electrons. The first kappa shape index (κ1) is 123. The molecule has 6 amide bonds. The normalized spacial score (nSPS) is 20.4. The van der Waals surface area contributed by atoms with E-state index in [0.29, 0.717) is 65.4 Å². The molecule has 8 aliphatic rings. The number of methoxy groups -OCH3 is 2. The first-order valence-electron chi connectivity index (χ1n) is 46.8. The molecule has 0 bridgehead atoms. The quantitative estimate of drug-likeness (QED) is 0.0332. The largest absolute Gasteiger partial charge is 0.480 e. The van der Waals surface area contributed by atoms with Crippen LogP contribution in [-0.2, 0) is 62.3 Å². The summed E-state index contributed by atoms with van der Waals surface area (Å²) in [5, 5.41) is 30.2. The predicted octanol–water partition coefficient (Wildman–Crippen LogP) is 4.79. The number of likely N-dealkylation sites (tertiary alicyclic amines) is 2. The zero-order valence-electron chi connectivity index (χ0n) is 82.7. The minimum absolute atomic E-state index is 0.0744. The van der Waals surface area contributed by atoms with E-state index in [0.717, 1.165) is 69.6 Å². The van der Waals surface area contributed by atoms with E-state index in [1.807, 2.05) is 65.8 Å². The van der Waals surface area contributed by atoms with E-state index in [4.69, 9.17) is 138 Å². The summed E-state index contributed by atoms with van der Waals surface area (Å²) in [6.45, 7) is 25.3. The number of alkyl halides is 3. The highest BCUT2D eigenvalue weighted by atomic mass is 35.5. The molecular formula is C94H95B24Cl2F3N8O14. The molecule has 0 aromatic heterocycles. The van der Waals surface area contributed by atoms with Crippen LogP contribution in [0.1, 0.15) is 168 Å². The van der Waals surface area contributed by atoms with Crippen LogP contribution in [0.3, 0.4) is 0 Å². The summed E-state index contributed by atoms with van der Waals surface area (Å²) in [5.41, 5.74) is 51.4. The van der Waals surface area contributed by atoms with Gasteiger partial charge >= 0.3 is 30.0 Å². The van der Waals surface area contributed by atoms with Crippen LogP contribution in [0, 0.1) is 34.5 Å². The fourth-order valence-electron chi connectivity index (χ4n) is 18.2. The van der Waals surface area contributed by atoms with Crippen LogP contribution >= 0.6 is 23.2 Å². The Morgan fingerprint density at radius 2 is 0.814 bits per heavy atom. The average molecular weight is 1950 g/mol. The molecule has 2 spiro atoms. The third-order valence-electron chi connectivity index (χ3n) is 25.6. The van der Waals surface area contributed by atoms with Crippen molar-refractivity contribution in [3.8, 4) is 0 Å². The number of rotatable bonds is 28. The molecule has 22 nitrogen and oxygen atoms in total. The van der Waals surface area contributed by atoms with Gasteiger partial charge in [-0.25, -0.2) is 14.4 Å². The van der Waals surface area contributed by atoms with Gasteiger partial charge in [0.1, 0.15) is 35.2 Å². The van der Waals surface area contributed by atoms with Crippen molar-refractivity contribution in [2.45, 2.75) is 210 Å². The number of esters is 2. The summed E-state index contributed by atoms with van der Waals surface area (Å²) < 4.78 is 45.4. The molecular weight excluding hydrogens is 1850 g/mol. The molecule has 2 saturated heterocycles. The van der Waals surface area contributed by atoms with Gasteiger partial charge in [-0.1, -0.05) is 161 Å². The lowest BCUT2D eigenvalue weighted by molar-refractivity contribution is -0.176. The molecule has 5 N–H and O–H groups in total. The summed E-state index contributed by atoms with van der Waals surface area (Å²) in [5.74, 6) is -6.44. The number of carboxylic acids is 1. The highest BCUT2D eigenvalue weighted by Crippen LogP contribution is 2.49. The molecule has 2 aromatic rings. The van der Waals surface area contributed by atoms with E-state index in [2.05, 4.69) is 183 Å². The van der Waals surface area contributed by atoms with Crippen LogP contribution in [0.4, 0.5) is 13.2 Å². The zero-order valence-corrected chi connectivity index (χ0v) is 84.2. The van der Waals surface area contributed by atoms with Gasteiger partial charge in [0, 0.05) is 265 Å². The molecule has 4 aliphatic heterocycles. The average Bonchev–Trinajstić information content (AvgIpc) is 1.58. The molecule has 51 heteroatoms. The smallest absolute Gasteiger partial charge is 0.471 e. The topological polar surface area (TPSA) is 290 Å². The molecule has 145 heavy (non-hydrogen) atoms. The van der Waals surface area contributed by atoms with Crippen molar-refractivity contribution in [1.29, 1.82) is 0 Å². The lowest BCUT2D eigenvalue weighted by atomic mass is 8.35. The second-order valence-corrected chi connectivity index (χ2v) is 39.4. The molecule has 4 heterocycles. The standard InChI is InChI=1S/C34H45ClN4O6.C27H36ClN3O5.C24H4.C9H10F3NO3.B24/c1-6-23-17-34(23,31(43)44-5)37-29(41)26-19-33(18-25(38-45-33)22-13-10-14-24(35)16-22)20-39(26)30(42)28(32(2,3)4)36-27(40)15-21-11-8-7-9-12-21;1-26(2,3)23(29-22(32)12-17-8-5-4-6-9-17)24(33)31-16-27(15-21(31)25(34)35)14-20(30-36-27)18-10-7-11-19(28)13-18;1-3-5-7-9-11-13-15-17-19-21-23-24-22-20-18-16-14-12-10-8-6-4-2;1-3-5-4-8(5,7(15)16-2)13-6(14)9(10,11)12;1-14(2)20(13)23(19(11)12)24(21(15(3)4)16(5)6)22(17(7)8)18(9)10/h6,10,13-14,16,21,23,26,28H,1,7-9,11-12,15,17-20H2,2-5H3,(H,36,40)(H,37,41);7,10-11,13,17,21,23H,4-6,8-9,12,14-16H2,1-3H3,(H,29,32)(H,34,35);1-2H2;3,5H,1,4H2,2H3,(H,13,14);/t23-,26+,28-,33-,34-;21-,23+,27+;;5-,8-;/m10.1./s1. The van der Waals surface area contributed by atoms with Crippen molar-refractivity contribution >= 4 is 259 Å². The van der Waals surface area contributed by atoms with Crippen LogP contribution in [0.15, 0.2) is 223 Å². The Morgan fingerprint density at radius 1 is 0.490 bits per heavy atom. The molecule has 4 saturated carbocycles. The summed E-state index contributed by atoms with van der Waals surface area (Å²) in [6, 6.07) is 10.8. The van der Waals surface area contributed by atoms with E-state index < -0.39 is 175 Å². The van der Waals surface area contributed by atoms with E-state index >= 15 is 0 Å². The van der Waals surface area contributed by atoms with Gasteiger partial charge < -0.3 is 55.3 Å². The van der Waals surface area contributed by atoms with Crippen LogP contribution in [-0.4, -0.2) is 330 Å². The van der Waals surface area contributed by atoms with E-state index in [1.54, 1.807) is 35.7 Å². The molecule has 10 atom stereocenters. The van der Waals surface area contributed by atoms with E-state index in [1.165, 1.54) is 35.8 Å². The number of hydrogen-bond donors (Lipinski definition) is 5. The lowest BCUT2D eigenvalue weighted by Crippen LogP contribution is -2.84. The Labute approximate surface area is 880 Å². The maximum absolute atomic E-state index is 14.5. The number of carbonyl (C=O) groups is 9. The summed E-state index contributed by atoms with van der Waals surface area (Å²) in [6.07, 6.45) is 1.55. The van der Waals surface area contributed by atoms with Gasteiger partial charge in [0.2, 0.25) is 29.5 Å². The highest BCUT2D eigenvalue weighted by molar-refractivity contribution is 8.23. The summed E-state index contributed by atoms with van der Waals surface area (Å²) in [7, 11) is 78.5. The fraction of sp³-hybridized carbons (Fsp3) is 0.457. The Hall–Kier alpha value is -11.1. The first-order valence-corrected chi connectivity index (χ1v) is 47.5. The van der Waals surface area contributed by atoms with Crippen LogP contribution in [0.5, 0.6) is 0 Å². The number of amides is 6. The van der Waals surface area contributed by atoms with Crippen molar-refractivity contribution in [2.24, 2.45) is 44.8 Å². The van der Waals surface area contributed by atoms with E-state index in [-0.39, 0.29) is 56.0 Å². The van der Waals surface area contributed by atoms with Crippen LogP contribution in [0.25, 0.3) is 0 Å². The van der Waals surface area contributed by atoms with Gasteiger partial charge in [-0.3, -0.25) is 28.8 Å². The van der Waals surface area contributed by atoms with Gasteiger partial charge in [0.15, 0.2) is 11.2 Å². The van der Waals surface area contributed by atoms with Crippen LogP contribution < -0.4 is 21.3 Å². The summed E-state index contributed by atoms with van der Waals surface area (Å²) in [4.78, 5) is 130. The first-order chi connectivity index (χ1) is 68.3. The minimum Gasteiger partial charge on any atom is -0.480 e. The number of carboxylic acid groups (broad SMARTS) is 1. The maximum Gasteiger partial charge on any atom is 0.471 e. The van der Waals surface area contributed by atoms with Gasteiger partial charge in [-0.05, 0) is 190 Å². The number of carbonyl (C=O) groups excluding carboxylic acids is 8. The van der Waals surface area contributed by atoms with Crippen molar-refractivity contribution in [3.63, 3.8) is 0 Å². The zero-order chi connectivity index (χ0) is 108. The summed E-state index contributed by atoms with van der Waals surface area (Å²) >= 11 is 12.4. The third kappa shape index (κ3) is 36.5. The monoisotopic (exact) mass is 1950 g/mol. The molecule has 10 rings (SSSR count). The number of hydrogen-bond acceptors (Lipinski definition) is 15. The molecule has 6 fully saturated rings. The number of nitrogens with one attached hydrogen (secondary N) is 4. The van der Waals surface area contributed by atoms with Crippen molar-refractivity contribution in [2.75, 3.05) is 27.3 Å². The number of oxime groups is 2. The second kappa shape index (κ2) is 57.3. The van der Waals surface area contributed by atoms with Gasteiger partial charge in [-0.2, -0.15) is 13.2 Å². The Kier molecular flexibility index (Phi) is 48.4. The Balaban J connectivity index is 0.000000290. The van der Waals surface area contributed by atoms with Gasteiger partial charge in [-0.15, -0.1) is 13.2 Å². The van der Waals surface area contributed by atoms with Crippen molar-refractivity contribution < 1.29 is 80.6 Å². The minimum atomic E-state index is -5.02. The molecule has 0 unspecified atom stereocenters. The third-order valence-corrected chi connectivity index (χ3v) is 26.1. The van der Waals surface area contributed by atoms with Gasteiger partial charge in [0.05, 0.1) is 38.7 Å². The van der Waals surface area contributed by atoms with E-state index in [9.17, 15) is 61.4 Å². The fourth-order valence-corrected chi connectivity index (χ4v) is 18.6. The Bertz CT molecular complexity index is 5960. The predicted molar refractivity (Wildman–Crippen MR) is 581 cm³/mol. The number of aliphatic carboxylic acids is 1. The Morgan fingerprint density at radius 3 is 1.10 bits per heavy atom. The van der Waals surface area contributed by atoms with Gasteiger partial charge in [0.25, 0.3) is 0 Å². The number of benzene rings is 2. The number of ether oxygens (including phenoxy) is 2. The highest BCUT2D eigenvalue weighted by Gasteiger charge is 2.65.